The molecule has 2 N–H and O–H groups in total. The number of rotatable bonds is 8. The minimum absolute atomic E-state index is 0.0890. The van der Waals surface area contributed by atoms with Crippen LogP contribution in [-0.4, -0.2) is 35.4 Å². The van der Waals surface area contributed by atoms with Crippen molar-refractivity contribution in [2.75, 3.05) is 6.61 Å². The number of hydrogen-bond acceptors (Lipinski definition) is 5. The lowest BCUT2D eigenvalue weighted by Gasteiger charge is -2.21. The molecule has 29 heavy (non-hydrogen) atoms. The number of carbonyl (C=O) groups excluding carboxylic acids is 3. The molecular weight excluding hydrogens is 384 g/mol. The van der Waals surface area contributed by atoms with Crippen LogP contribution in [0.5, 0.6) is 0 Å². The number of ether oxygens (including phenoxy) is 1. The fraction of sp³-hybridized carbons (Fsp3) is 0.300. The van der Waals surface area contributed by atoms with E-state index in [-0.39, 0.29) is 18.6 Å². The molecule has 0 aliphatic carbocycles. The number of hydrogen-bond donors (Lipinski definition) is 2. The fourth-order valence-corrected chi connectivity index (χ4v) is 2.57. The van der Waals surface area contributed by atoms with Crippen molar-refractivity contribution >= 4 is 17.8 Å². The van der Waals surface area contributed by atoms with E-state index in [1.807, 2.05) is 0 Å². The summed E-state index contributed by atoms with van der Waals surface area (Å²) in [6.07, 6.45) is 2.78. The number of esters is 1. The van der Waals surface area contributed by atoms with Gasteiger partial charge in [0.15, 0.2) is 0 Å². The highest BCUT2D eigenvalue weighted by Crippen LogP contribution is 2.13. The molecule has 0 radical (unpaired) electrons. The Hall–Kier alpha value is -3.36. The standard InChI is InChI=1S/C20H21F2N3O4/c1-12(24-19(27)9-14-7-16(21)10-17(22)8-14)20(28)25-18(11-29-13(2)26)15-3-5-23-6-4-15/h3-8,10,12,18H,9,11H2,1-2H3,(H,24,27)(H,25,28). The second kappa shape index (κ2) is 10.3. The normalized spacial score (nSPS) is 12.6. The topological polar surface area (TPSA) is 97.4 Å². The molecule has 2 atom stereocenters. The first-order valence-corrected chi connectivity index (χ1v) is 8.82. The first-order chi connectivity index (χ1) is 13.7. The van der Waals surface area contributed by atoms with Crippen LogP contribution in [0.25, 0.3) is 0 Å². The van der Waals surface area contributed by atoms with Gasteiger partial charge in [0.2, 0.25) is 11.8 Å². The van der Waals surface area contributed by atoms with Gasteiger partial charge in [0.1, 0.15) is 24.3 Å². The molecule has 0 spiro atoms. The van der Waals surface area contributed by atoms with Gasteiger partial charge in [0.25, 0.3) is 0 Å². The van der Waals surface area contributed by atoms with Gasteiger partial charge >= 0.3 is 5.97 Å². The van der Waals surface area contributed by atoms with Crippen molar-refractivity contribution in [2.45, 2.75) is 32.4 Å². The molecule has 2 unspecified atom stereocenters. The van der Waals surface area contributed by atoms with Gasteiger partial charge < -0.3 is 15.4 Å². The number of halogens is 2. The third-order valence-corrected chi connectivity index (χ3v) is 3.94. The van der Waals surface area contributed by atoms with Gasteiger partial charge in [0.05, 0.1) is 12.5 Å². The van der Waals surface area contributed by atoms with E-state index < -0.39 is 41.5 Å². The highest BCUT2D eigenvalue weighted by Gasteiger charge is 2.21. The van der Waals surface area contributed by atoms with Crippen LogP contribution < -0.4 is 10.6 Å². The molecule has 7 nitrogen and oxygen atoms in total. The molecule has 2 aromatic rings. The number of aromatic nitrogens is 1. The van der Waals surface area contributed by atoms with Crippen LogP contribution in [0.15, 0.2) is 42.7 Å². The third-order valence-electron chi connectivity index (χ3n) is 3.94. The second-order valence-corrected chi connectivity index (χ2v) is 6.39. The molecule has 0 fully saturated rings. The summed E-state index contributed by atoms with van der Waals surface area (Å²) in [7, 11) is 0. The van der Waals surface area contributed by atoms with Crippen molar-refractivity contribution < 1.29 is 27.9 Å². The van der Waals surface area contributed by atoms with E-state index in [1.54, 1.807) is 12.1 Å². The van der Waals surface area contributed by atoms with Crippen LogP contribution in [0.1, 0.15) is 31.0 Å². The van der Waals surface area contributed by atoms with Crippen LogP contribution in [0.4, 0.5) is 8.78 Å². The average Bonchev–Trinajstić information content (AvgIpc) is 2.64. The Labute approximate surface area is 166 Å². The summed E-state index contributed by atoms with van der Waals surface area (Å²) in [6, 6.07) is 4.57. The van der Waals surface area contributed by atoms with Gasteiger partial charge in [-0.2, -0.15) is 0 Å². The Bertz CT molecular complexity index is 857. The molecule has 9 heteroatoms. The van der Waals surface area contributed by atoms with Crippen molar-refractivity contribution in [1.82, 2.24) is 15.6 Å². The quantitative estimate of drug-likeness (QED) is 0.653. The lowest BCUT2D eigenvalue weighted by molar-refractivity contribution is -0.142. The fourth-order valence-electron chi connectivity index (χ4n) is 2.57. The lowest BCUT2D eigenvalue weighted by atomic mass is 10.1. The van der Waals surface area contributed by atoms with Gasteiger partial charge in [0, 0.05) is 25.4 Å². The Morgan fingerprint density at radius 1 is 1.07 bits per heavy atom. The number of carbonyl (C=O) groups is 3. The van der Waals surface area contributed by atoms with Gasteiger partial charge in [-0.15, -0.1) is 0 Å². The van der Waals surface area contributed by atoms with Crippen LogP contribution in [0.3, 0.4) is 0 Å². The van der Waals surface area contributed by atoms with Gasteiger partial charge in [-0.25, -0.2) is 8.78 Å². The Morgan fingerprint density at radius 2 is 1.69 bits per heavy atom. The molecule has 0 saturated heterocycles. The van der Waals surface area contributed by atoms with E-state index >= 15 is 0 Å². The number of amides is 2. The van der Waals surface area contributed by atoms with E-state index in [1.165, 1.54) is 26.2 Å². The summed E-state index contributed by atoms with van der Waals surface area (Å²) in [4.78, 5) is 39.6. The number of pyridine rings is 1. The largest absolute Gasteiger partial charge is 0.463 e. The van der Waals surface area contributed by atoms with Crippen molar-refractivity contribution in [1.29, 1.82) is 0 Å². The molecular formula is C20H21F2N3O4. The summed E-state index contributed by atoms with van der Waals surface area (Å²) in [6.45, 7) is 2.63. The van der Waals surface area contributed by atoms with Gasteiger partial charge in [-0.1, -0.05) is 0 Å². The third kappa shape index (κ3) is 7.28. The minimum atomic E-state index is -0.928. The second-order valence-electron chi connectivity index (χ2n) is 6.39. The lowest BCUT2D eigenvalue weighted by Crippen LogP contribution is -2.47. The van der Waals surface area contributed by atoms with E-state index in [4.69, 9.17) is 4.74 Å². The van der Waals surface area contributed by atoms with Crippen molar-refractivity contribution in [2.24, 2.45) is 0 Å². The van der Waals surface area contributed by atoms with Crippen molar-refractivity contribution in [3.05, 3.63) is 65.5 Å². The molecule has 1 aromatic carbocycles. The maximum atomic E-state index is 13.2. The summed E-state index contributed by atoms with van der Waals surface area (Å²) in [5, 5.41) is 5.17. The van der Waals surface area contributed by atoms with E-state index in [2.05, 4.69) is 15.6 Å². The summed E-state index contributed by atoms with van der Waals surface area (Å²) >= 11 is 0. The SMILES string of the molecule is CC(=O)OCC(NC(=O)C(C)NC(=O)Cc1cc(F)cc(F)c1)c1ccncc1. The van der Waals surface area contributed by atoms with Crippen LogP contribution in [-0.2, 0) is 25.5 Å². The van der Waals surface area contributed by atoms with Gasteiger partial charge in [-0.05, 0) is 42.3 Å². The van der Waals surface area contributed by atoms with Crippen LogP contribution in [0.2, 0.25) is 0 Å². The van der Waals surface area contributed by atoms with Crippen molar-refractivity contribution in [3.8, 4) is 0 Å². The first kappa shape index (κ1) is 21.9. The molecule has 0 aliphatic rings. The average molecular weight is 405 g/mol. The van der Waals surface area contributed by atoms with Crippen LogP contribution in [0, 0.1) is 11.6 Å². The monoisotopic (exact) mass is 405 g/mol. The smallest absolute Gasteiger partial charge is 0.302 e. The van der Waals surface area contributed by atoms with E-state index in [9.17, 15) is 23.2 Å². The van der Waals surface area contributed by atoms with Crippen LogP contribution >= 0.6 is 0 Å². The molecule has 1 heterocycles. The molecule has 0 bridgehead atoms. The Kier molecular flexibility index (Phi) is 7.76. The summed E-state index contributed by atoms with van der Waals surface area (Å²) < 4.78 is 31.4. The number of benzene rings is 1. The predicted molar refractivity (Wildman–Crippen MR) is 99.4 cm³/mol. The van der Waals surface area contributed by atoms with E-state index in [0.717, 1.165) is 12.1 Å². The molecule has 0 saturated carbocycles. The summed E-state index contributed by atoms with van der Waals surface area (Å²) in [5.74, 6) is -3.16. The van der Waals surface area contributed by atoms with Crippen molar-refractivity contribution in [3.63, 3.8) is 0 Å². The molecule has 2 rings (SSSR count). The summed E-state index contributed by atoms with van der Waals surface area (Å²) in [5.41, 5.74) is 0.820. The van der Waals surface area contributed by atoms with E-state index in [0.29, 0.717) is 11.6 Å². The highest BCUT2D eigenvalue weighted by atomic mass is 19.1. The Morgan fingerprint density at radius 3 is 2.28 bits per heavy atom. The molecule has 1 aromatic heterocycles. The molecule has 2 amide bonds. The molecule has 154 valence electrons. The van der Waals surface area contributed by atoms with Gasteiger partial charge in [-0.3, -0.25) is 19.4 Å². The zero-order chi connectivity index (χ0) is 21.4. The predicted octanol–water partition coefficient (Wildman–Crippen LogP) is 1.83. The maximum Gasteiger partial charge on any atom is 0.302 e. The number of nitrogens with one attached hydrogen (secondary N) is 2. The molecule has 0 aliphatic heterocycles. The first-order valence-electron chi connectivity index (χ1n) is 8.82. The minimum Gasteiger partial charge on any atom is -0.463 e. The zero-order valence-corrected chi connectivity index (χ0v) is 15.9. The maximum absolute atomic E-state index is 13.2. The zero-order valence-electron chi connectivity index (χ0n) is 15.9. The Balaban J connectivity index is 1.97. The highest BCUT2D eigenvalue weighted by molar-refractivity contribution is 5.88. The number of nitrogens with zero attached hydrogens (tertiary/aromatic N) is 1.